The Balaban J connectivity index is 2.06. The minimum atomic E-state index is -0.140. The molecule has 2 aromatic rings. The molecule has 0 N–H and O–H groups in total. The van der Waals surface area contributed by atoms with Crippen molar-refractivity contribution in [1.29, 1.82) is 0 Å². The summed E-state index contributed by atoms with van der Waals surface area (Å²) in [5.74, 6) is 1.57. The Bertz CT molecular complexity index is 871. The van der Waals surface area contributed by atoms with Crippen molar-refractivity contribution >= 4 is 17.4 Å². The summed E-state index contributed by atoms with van der Waals surface area (Å²) in [6.07, 6.45) is 1.75. The lowest BCUT2D eigenvalue weighted by Gasteiger charge is -2.26. The van der Waals surface area contributed by atoms with Crippen LogP contribution in [0.5, 0.6) is 17.2 Å². The molecule has 6 heteroatoms. The Kier molecular flexibility index (Phi) is 5.87. The number of ketones is 1. The van der Waals surface area contributed by atoms with E-state index in [1.165, 1.54) is 21.1 Å². The van der Waals surface area contributed by atoms with Crippen LogP contribution >= 0.6 is 0 Å². The second-order valence-electron chi connectivity index (χ2n) is 6.83. The van der Waals surface area contributed by atoms with Gasteiger partial charge in [0.05, 0.1) is 33.6 Å². The molecule has 0 atom stereocenters. The van der Waals surface area contributed by atoms with E-state index >= 15 is 0 Å². The maximum atomic E-state index is 13.1. The van der Waals surface area contributed by atoms with Crippen LogP contribution in [0.4, 0.5) is 5.69 Å². The second-order valence-corrected chi connectivity index (χ2v) is 6.83. The molecule has 1 aliphatic rings. The monoisotopic (exact) mass is 383 g/mol. The summed E-state index contributed by atoms with van der Waals surface area (Å²) in [5, 5.41) is 0. The Morgan fingerprint density at radius 2 is 1.57 bits per heavy atom. The van der Waals surface area contributed by atoms with Crippen LogP contribution in [0.3, 0.4) is 0 Å². The van der Waals surface area contributed by atoms with Crippen LogP contribution in [0, 0.1) is 5.92 Å². The van der Waals surface area contributed by atoms with Gasteiger partial charge in [-0.25, -0.2) is 0 Å². The minimum Gasteiger partial charge on any atom is -0.497 e. The molecule has 0 heterocycles. The van der Waals surface area contributed by atoms with Gasteiger partial charge in [-0.3, -0.25) is 9.59 Å². The number of anilines is 1. The highest BCUT2D eigenvalue weighted by Gasteiger charge is 2.35. The predicted molar refractivity (Wildman–Crippen MR) is 106 cm³/mol. The molecule has 1 aliphatic carbocycles. The third kappa shape index (κ3) is 4.11. The number of methoxy groups -OCH3 is 3. The molecule has 0 unspecified atom stereocenters. The van der Waals surface area contributed by atoms with Gasteiger partial charge in [-0.15, -0.1) is 0 Å². The Morgan fingerprint density at radius 1 is 0.964 bits per heavy atom. The van der Waals surface area contributed by atoms with E-state index in [2.05, 4.69) is 0 Å². The third-order valence-electron chi connectivity index (χ3n) is 4.86. The number of carbonyl (C=O) groups excluding carboxylic acids is 2. The summed E-state index contributed by atoms with van der Waals surface area (Å²) in [7, 11) is 4.66. The Morgan fingerprint density at radius 3 is 2.07 bits per heavy atom. The molecule has 6 nitrogen and oxygen atoms in total. The van der Waals surface area contributed by atoms with Crippen LogP contribution < -0.4 is 19.1 Å². The summed E-state index contributed by atoms with van der Waals surface area (Å²) in [6.45, 7) is 1.84. The maximum absolute atomic E-state index is 13.1. The van der Waals surface area contributed by atoms with Crippen molar-refractivity contribution in [2.24, 2.45) is 5.92 Å². The molecule has 0 spiro atoms. The van der Waals surface area contributed by atoms with E-state index in [1.807, 2.05) is 24.3 Å². The molecule has 1 fully saturated rings. The summed E-state index contributed by atoms with van der Waals surface area (Å²) in [6, 6.07) is 10.9. The number of ether oxygens (including phenoxy) is 3. The van der Waals surface area contributed by atoms with Crippen molar-refractivity contribution < 1.29 is 23.8 Å². The number of benzene rings is 2. The molecule has 28 heavy (non-hydrogen) atoms. The highest BCUT2D eigenvalue weighted by molar-refractivity contribution is 6.06. The van der Waals surface area contributed by atoms with Gasteiger partial charge in [0.15, 0.2) is 17.3 Å². The van der Waals surface area contributed by atoms with Crippen LogP contribution in [-0.4, -0.2) is 33.0 Å². The van der Waals surface area contributed by atoms with Crippen LogP contribution in [0.15, 0.2) is 36.4 Å². The molecule has 0 bridgehead atoms. The van der Waals surface area contributed by atoms with Crippen molar-refractivity contribution in [3.8, 4) is 17.2 Å². The molecule has 1 amide bonds. The number of hydrogen-bond acceptors (Lipinski definition) is 5. The smallest absolute Gasteiger partial charge is 0.230 e. The minimum absolute atomic E-state index is 0.00570. The van der Waals surface area contributed by atoms with Gasteiger partial charge in [0, 0.05) is 17.5 Å². The van der Waals surface area contributed by atoms with E-state index in [4.69, 9.17) is 14.2 Å². The molecule has 0 radical (unpaired) electrons. The van der Waals surface area contributed by atoms with Crippen molar-refractivity contribution in [1.82, 2.24) is 0 Å². The molecule has 148 valence electrons. The SMILES string of the molecule is COc1ccc(CN(C(=O)C2CC2)c2cc(OC)c(OC)cc2C(C)=O)cc1. The van der Waals surface area contributed by atoms with Gasteiger partial charge in [-0.1, -0.05) is 12.1 Å². The number of carbonyl (C=O) groups is 2. The number of amides is 1. The standard InChI is InChI=1S/C22H25NO5/c1-14(24)18-11-20(27-3)21(28-4)12-19(18)23(22(25)16-7-8-16)13-15-5-9-17(26-2)10-6-15/h5-6,9-12,16H,7-8,13H2,1-4H3. The molecular formula is C22H25NO5. The van der Waals surface area contributed by atoms with Crippen molar-refractivity contribution in [3.05, 3.63) is 47.5 Å². The van der Waals surface area contributed by atoms with Crippen LogP contribution in [-0.2, 0) is 11.3 Å². The quantitative estimate of drug-likeness (QED) is 0.648. The summed E-state index contributed by atoms with van der Waals surface area (Å²) < 4.78 is 15.9. The number of Topliss-reactive ketones (excluding diaryl/α,β-unsaturated/α-hetero) is 1. The first kappa shape index (κ1) is 19.7. The lowest BCUT2D eigenvalue weighted by molar-refractivity contribution is -0.119. The molecule has 0 saturated heterocycles. The van der Waals surface area contributed by atoms with Crippen molar-refractivity contribution in [2.45, 2.75) is 26.3 Å². The zero-order chi connectivity index (χ0) is 20.3. The average Bonchev–Trinajstić information content (AvgIpc) is 3.56. The lowest BCUT2D eigenvalue weighted by atomic mass is 10.1. The topological polar surface area (TPSA) is 65.1 Å². The van der Waals surface area contributed by atoms with E-state index in [0.29, 0.717) is 29.3 Å². The van der Waals surface area contributed by atoms with Crippen LogP contribution in [0.1, 0.15) is 35.7 Å². The predicted octanol–water partition coefficient (Wildman–Crippen LogP) is 3.86. The number of rotatable bonds is 8. The number of nitrogens with zero attached hydrogens (tertiary/aromatic N) is 1. The maximum Gasteiger partial charge on any atom is 0.230 e. The van der Waals surface area contributed by atoms with E-state index in [-0.39, 0.29) is 17.6 Å². The molecule has 2 aromatic carbocycles. The first-order valence-electron chi connectivity index (χ1n) is 9.19. The first-order valence-corrected chi connectivity index (χ1v) is 9.19. The van der Waals surface area contributed by atoms with Crippen molar-refractivity contribution in [2.75, 3.05) is 26.2 Å². The fourth-order valence-corrected chi connectivity index (χ4v) is 3.12. The largest absolute Gasteiger partial charge is 0.497 e. The van der Waals surface area contributed by atoms with Gasteiger partial charge in [-0.05, 0) is 43.5 Å². The normalized spacial score (nSPS) is 13.0. The lowest BCUT2D eigenvalue weighted by Crippen LogP contribution is -2.33. The first-order chi connectivity index (χ1) is 13.5. The Hall–Kier alpha value is -3.02. The van der Waals surface area contributed by atoms with Gasteiger partial charge in [0.1, 0.15) is 5.75 Å². The van der Waals surface area contributed by atoms with Gasteiger partial charge in [-0.2, -0.15) is 0 Å². The van der Waals surface area contributed by atoms with Crippen LogP contribution in [0.25, 0.3) is 0 Å². The van der Waals surface area contributed by atoms with Gasteiger partial charge >= 0.3 is 0 Å². The van der Waals surface area contributed by atoms with Crippen molar-refractivity contribution in [3.63, 3.8) is 0 Å². The summed E-state index contributed by atoms with van der Waals surface area (Å²) in [5.41, 5.74) is 1.91. The van der Waals surface area contributed by atoms with E-state index in [9.17, 15) is 9.59 Å². The summed E-state index contributed by atoms with van der Waals surface area (Å²) >= 11 is 0. The fourth-order valence-electron chi connectivity index (χ4n) is 3.12. The third-order valence-corrected chi connectivity index (χ3v) is 4.86. The molecular weight excluding hydrogens is 358 g/mol. The van der Waals surface area contributed by atoms with Gasteiger partial charge < -0.3 is 19.1 Å². The molecule has 1 saturated carbocycles. The van der Waals surface area contributed by atoms with Crippen LogP contribution in [0.2, 0.25) is 0 Å². The summed E-state index contributed by atoms with van der Waals surface area (Å²) in [4.78, 5) is 27.1. The molecule has 0 aliphatic heterocycles. The van der Waals surface area contributed by atoms with E-state index in [0.717, 1.165) is 24.2 Å². The highest BCUT2D eigenvalue weighted by atomic mass is 16.5. The Labute approximate surface area is 165 Å². The van der Waals surface area contributed by atoms with E-state index < -0.39 is 0 Å². The average molecular weight is 383 g/mol. The fraction of sp³-hybridized carbons (Fsp3) is 0.364. The van der Waals surface area contributed by atoms with Gasteiger partial charge in [0.25, 0.3) is 0 Å². The second kappa shape index (κ2) is 8.33. The van der Waals surface area contributed by atoms with E-state index in [1.54, 1.807) is 24.1 Å². The molecule has 0 aromatic heterocycles. The number of hydrogen-bond donors (Lipinski definition) is 0. The van der Waals surface area contributed by atoms with Gasteiger partial charge in [0.2, 0.25) is 5.91 Å². The highest BCUT2D eigenvalue weighted by Crippen LogP contribution is 2.39. The zero-order valence-electron chi connectivity index (χ0n) is 16.7. The zero-order valence-corrected chi connectivity index (χ0v) is 16.7. The molecule has 3 rings (SSSR count).